The Hall–Kier alpha value is 0.200. The molecule has 0 N–H and O–H groups in total. The summed E-state index contributed by atoms with van der Waals surface area (Å²) in [7, 11) is 3.06. The lowest BCUT2D eigenvalue weighted by molar-refractivity contribution is 0.401. The molecule has 0 aromatic heterocycles. The second kappa shape index (κ2) is 4.28. The predicted molar refractivity (Wildman–Crippen MR) is 46.9 cm³/mol. The fourth-order valence-electron chi connectivity index (χ4n) is 0.657. The molecular weight excluding hydrogens is 186 g/mol. The summed E-state index contributed by atoms with van der Waals surface area (Å²) < 4.78 is 22.5. The van der Waals surface area contributed by atoms with Crippen molar-refractivity contribution in [2.45, 2.75) is 20.3 Å². The third-order valence-corrected chi connectivity index (χ3v) is 3.24. The topological polar surface area (TPSA) is 37.4 Å². The lowest BCUT2D eigenvalue weighted by atomic mass is 10.1. The van der Waals surface area contributed by atoms with Crippen molar-refractivity contribution in [2.75, 3.05) is 13.6 Å². The molecule has 68 valence electrons. The SMILES string of the molecule is CCC(C)CN(C)S(=O)(=O)Cl. The minimum atomic E-state index is -3.50. The molecule has 11 heavy (non-hydrogen) atoms. The molecule has 0 aliphatic rings. The highest BCUT2D eigenvalue weighted by Gasteiger charge is 2.15. The summed E-state index contributed by atoms with van der Waals surface area (Å²) >= 11 is 0. The largest absolute Gasteiger partial charge is 0.299 e. The summed E-state index contributed by atoms with van der Waals surface area (Å²) in [4.78, 5) is 0. The molecule has 0 saturated heterocycles. The molecule has 0 aliphatic carbocycles. The van der Waals surface area contributed by atoms with Gasteiger partial charge >= 0.3 is 0 Å². The minimum absolute atomic E-state index is 0.355. The molecule has 0 amide bonds. The van der Waals surface area contributed by atoms with E-state index in [-0.39, 0.29) is 0 Å². The molecule has 0 fully saturated rings. The van der Waals surface area contributed by atoms with Gasteiger partial charge in [0.25, 0.3) is 9.24 Å². The van der Waals surface area contributed by atoms with Crippen LogP contribution in [0.3, 0.4) is 0 Å². The first kappa shape index (κ1) is 11.2. The quantitative estimate of drug-likeness (QED) is 0.643. The molecule has 5 heteroatoms. The van der Waals surface area contributed by atoms with Gasteiger partial charge in [0.1, 0.15) is 0 Å². The molecule has 0 aromatic rings. The Bertz CT molecular complexity index is 203. The van der Waals surface area contributed by atoms with Crippen molar-refractivity contribution in [2.24, 2.45) is 5.92 Å². The zero-order chi connectivity index (χ0) is 9.07. The molecule has 0 aliphatic heterocycles. The standard InChI is InChI=1S/C6H14ClNO2S/c1-4-6(2)5-8(3)11(7,9)10/h6H,4-5H2,1-3H3. The van der Waals surface area contributed by atoms with E-state index in [1.165, 1.54) is 7.05 Å². The van der Waals surface area contributed by atoms with E-state index < -0.39 is 9.24 Å². The van der Waals surface area contributed by atoms with Crippen LogP contribution in [0.15, 0.2) is 0 Å². The van der Waals surface area contributed by atoms with Crippen LogP contribution in [0.25, 0.3) is 0 Å². The Kier molecular flexibility index (Phi) is 4.36. The molecule has 0 aromatic carbocycles. The third kappa shape index (κ3) is 4.61. The van der Waals surface area contributed by atoms with Gasteiger partial charge in [-0.2, -0.15) is 12.7 Å². The van der Waals surface area contributed by atoms with E-state index in [4.69, 9.17) is 10.7 Å². The molecule has 0 rings (SSSR count). The maximum atomic E-state index is 10.7. The zero-order valence-corrected chi connectivity index (χ0v) is 8.61. The summed E-state index contributed by atoms with van der Waals surface area (Å²) in [6, 6.07) is 0. The zero-order valence-electron chi connectivity index (χ0n) is 7.04. The molecule has 0 spiro atoms. The highest BCUT2D eigenvalue weighted by molar-refractivity contribution is 8.11. The Morgan fingerprint density at radius 1 is 1.55 bits per heavy atom. The average molecular weight is 200 g/mol. The van der Waals surface area contributed by atoms with Crippen molar-refractivity contribution in [3.63, 3.8) is 0 Å². The van der Waals surface area contributed by atoms with Gasteiger partial charge < -0.3 is 0 Å². The Balaban J connectivity index is 3.98. The minimum Gasteiger partial charge on any atom is -0.195 e. The molecule has 0 heterocycles. The number of hydrogen-bond acceptors (Lipinski definition) is 2. The lowest BCUT2D eigenvalue weighted by Crippen LogP contribution is -2.27. The van der Waals surface area contributed by atoms with Crippen molar-refractivity contribution in [1.29, 1.82) is 0 Å². The van der Waals surface area contributed by atoms with Gasteiger partial charge in [0, 0.05) is 24.3 Å². The van der Waals surface area contributed by atoms with Crippen LogP contribution in [0.2, 0.25) is 0 Å². The molecule has 1 atom stereocenters. The smallest absolute Gasteiger partial charge is 0.195 e. The van der Waals surface area contributed by atoms with E-state index in [1.54, 1.807) is 0 Å². The summed E-state index contributed by atoms with van der Waals surface area (Å²) in [6.45, 7) is 4.49. The molecule has 0 radical (unpaired) electrons. The van der Waals surface area contributed by atoms with E-state index >= 15 is 0 Å². The highest BCUT2D eigenvalue weighted by Crippen LogP contribution is 2.08. The van der Waals surface area contributed by atoms with Crippen molar-refractivity contribution in [3.05, 3.63) is 0 Å². The number of nitrogens with zero attached hydrogens (tertiary/aromatic N) is 1. The summed E-state index contributed by atoms with van der Waals surface area (Å²) in [5, 5.41) is 0. The van der Waals surface area contributed by atoms with Crippen LogP contribution in [0, 0.1) is 5.92 Å². The average Bonchev–Trinajstić information content (AvgIpc) is 1.85. The van der Waals surface area contributed by atoms with Crippen molar-refractivity contribution in [1.82, 2.24) is 4.31 Å². The molecule has 0 bridgehead atoms. The molecule has 1 unspecified atom stereocenters. The second-order valence-corrected chi connectivity index (χ2v) is 5.35. The van der Waals surface area contributed by atoms with Crippen LogP contribution in [0.1, 0.15) is 20.3 Å². The van der Waals surface area contributed by atoms with Crippen molar-refractivity contribution < 1.29 is 8.42 Å². The summed E-state index contributed by atoms with van der Waals surface area (Å²) in [6.07, 6.45) is 0.955. The van der Waals surface area contributed by atoms with E-state index in [9.17, 15) is 8.42 Å². The fourth-order valence-corrected chi connectivity index (χ4v) is 1.26. The van der Waals surface area contributed by atoms with Gasteiger partial charge in [-0.1, -0.05) is 20.3 Å². The van der Waals surface area contributed by atoms with E-state index in [2.05, 4.69) is 0 Å². The van der Waals surface area contributed by atoms with Gasteiger partial charge in [0.15, 0.2) is 0 Å². The third-order valence-electron chi connectivity index (χ3n) is 1.64. The van der Waals surface area contributed by atoms with Crippen molar-refractivity contribution >= 4 is 19.9 Å². The number of rotatable bonds is 4. The Labute approximate surface area is 72.9 Å². The van der Waals surface area contributed by atoms with Crippen LogP contribution in [-0.2, 0) is 9.24 Å². The van der Waals surface area contributed by atoms with E-state index in [0.717, 1.165) is 10.7 Å². The van der Waals surface area contributed by atoms with Crippen LogP contribution in [-0.4, -0.2) is 26.3 Å². The second-order valence-electron chi connectivity index (χ2n) is 2.74. The Morgan fingerprint density at radius 2 is 2.00 bits per heavy atom. The first-order valence-electron chi connectivity index (χ1n) is 3.53. The number of hydrogen-bond donors (Lipinski definition) is 0. The number of halogens is 1. The van der Waals surface area contributed by atoms with Crippen LogP contribution < -0.4 is 0 Å². The van der Waals surface area contributed by atoms with Crippen LogP contribution in [0.5, 0.6) is 0 Å². The van der Waals surface area contributed by atoms with Crippen LogP contribution >= 0.6 is 10.7 Å². The summed E-state index contributed by atoms with van der Waals surface area (Å²) in [5.74, 6) is 0.355. The Morgan fingerprint density at radius 3 is 2.27 bits per heavy atom. The highest BCUT2D eigenvalue weighted by atomic mass is 35.7. The first-order chi connectivity index (χ1) is 4.88. The predicted octanol–water partition coefficient (Wildman–Crippen LogP) is 1.45. The monoisotopic (exact) mass is 199 g/mol. The van der Waals surface area contributed by atoms with Gasteiger partial charge in [0.05, 0.1) is 0 Å². The lowest BCUT2D eigenvalue weighted by Gasteiger charge is -2.15. The van der Waals surface area contributed by atoms with E-state index in [0.29, 0.717) is 12.5 Å². The van der Waals surface area contributed by atoms with E-state index in [1.807, 2.05) is 13.8 Å². The molecule has 0 saturated carbocycles. The normalized spacial score (nSPS) is 15.4. The van der Waals surface area contributed by atoms with Crippen LogP contribution in [0.4, 0.5) is 0 Å². The van der Waals surface area contributed by atoms with Gasteiger partial charge in [0.2, 0.25) is 0 Å². The van der Waals surface area contributed by atoms with Gasteiger partial charge in [-0.25, -0.2) is 0 Å². The van der Waals surface area contributed by atoms with Gasteiger partial charge in [-0.15, -0.1) is 0 Å². The maximum absolute atomic E-state index is 10.7. The molecule has 3 nitrogen and oxygen atoms in total. The van der Waals surface area contributed by atoms with Gasteiger partial charge in [-0.3, -0.25) is 0 Å². The first-order valence-corrected chi connectivity index (χ1v) is 5.80. The summed E-state index contributed by atoms with van der Waals surface area (Å²) in [5.41, 5.74) is 0. The van der Waals surface area contributed by atoms with Crippen molar-refractivity contribution in [3.8, 4) is 0 Å². The maximum Gasteiger partial charge on any atom is 0.299 e. The fraction of sp³-hybridized carbons (Fsp3) is 1.00. The molecular formula is C6H14ClNO2S. The van der Waals surface area contributed by atoms with Gasteiger partial charge in [-0.05, 0) is 5.92 Å².